The van der Waals surface area contributed by atoms with Gasteiger partial charge in [0.25, 0.3) is 0 Å². The minimum absolute atomic E-state index is 0.0712. The maximum atomic E-state index is 11.8. The number of alkyl halides is 1. The predicted octanol–water partition coefficient (Wildman–Crippen LogP) is 2.89. The van der Waals surface area contributed by atoms with Crippen molar-refractivity contribution in [1.82, 2.24) is 0 Å². The van der Waals surface area contributed by atoms with Crippen molar-refractivity contribution in [3.8, 4) is 0 Å². The smallest absolute Gasteiger partial charge is 0.323 e. The van der Waals surface area contributed by atoms with Gasteiger partial charge in [0.2, 0.25) is 0 Å². The first-order chi connectivity index (χ1) is 6.17. The fourth-order valence-corrected chi connectivity index (χ4v) is 4.57. The van der Waals surface area contributed by atoms with Gasteiger partial charge >= 0.3 is 5.97 Å². The van der Waals surface area contributed by atoms with Gasteiger partial charge in [-0.05, 0) is 32.1 Å². The summed E-state index contributed by atoms with van der Waals surface area (Å²) < 4.78 is 5.01. The molecule has 0 radical (unpaired) electrons. The number of rotatable bonds is 0. The lowest BCUT2D eigenvalue weighted by Crippen LogP contribution is -2.33. The zero-order valence-electron chi connectivity index (χ0n) is 9.19. The van der Waals surface area contributed by atoms with Crippen LogP contribution in [0.5, 0.6) is 0 Å². The zero-order valence-corrected chi connectivity index (χ0v) is 10.8. The molecule has 2 rings (SSSR count). The van der Waals surface area contributed by atoms with E-state index in [0.29, 0.717) is 5.92 Å². The van der Waals surface area contributed by atoms with Crippen LogP contribution >= 0.6 is 15.9 Å². The number of carbonyl (C=O) groups excluding carboxylic acids is 1. The van der Waals surface area contributed by atoms with Gasteiger partial charge in [0.05, 0.1) is 0 Å². The van der Waals surface area contributed by atoms with Crippen LogP contribution in [0.1, 0.15) is 40.5 Å². The summed E-state index contributed by atoms with van der Waals surface area (Å²) in [5.41, 5.74) is -0.0702. The second-order valence-corrected chi connectivity index (χ2v) is 7.37. The highest BCUT2D eigenvalue weighted by Gasteiger charge is 2.65. The molecule has 1 saturated carbocycles. The zero-order chi connectivity index (χ0) is 10.8. The Hall–Kier alpha value is -0.0500. The molecule has 0 aromatic rings. The van der Waals surface area contributed by atoms with Crippen LogP contribution < -0.4 is 0 Å². The molecule has 0 bridgehead atoms. The summed E-state index contributed by atoms with van der Waals surface area (Å²) in [6.45, 7) is 8.47. The summed E-state index contributed by atoms with van der Waals surface area (Å²) in [4.78, 5) is 11.8. The van der Waals surface area contributed by atoms with Crippen molar-refractivity contribution in [2.45, 2.75) is 50.5 Å². The minimum Gasteiger partial charge on any atom is -0.458 e. The van der Waals surface area contributed by atoms with Crippen molar-refractivity contribution in [1.29, 1.82) is 0 Å². The van der Waals surface area contributed by atoms with E-state index in [2.05, 4.69) is 29.8 Å². The molecule has 2 aliphatic rings. The van der Waals surface area contributed by atoms with Crippen molar-refractivity contribution in [3.05, 3.63) is 0 Å². The number of halogens is 1. The van der Waals surface area contributed by atoms with E-state index in [4.69, 9.17) is 4.74 Å². The average Bonchev–Trinajstić information content (AvgIpc) is 2.28. The van der Waals surface area contributed by atoms with Gasteiger partial charge in [0.15, 0.2) is 0 Å². The molecule has 80 valence electrons. The number of hydrogen-bond donors (Lipinski definition) is 0. The van der Waals surface area contributed by atoms with Crippen LogP contribution in [-0.2, 0) is 9.53 Å². The van der Waals surface area contributed by atoms with E-state index in [1.807, 2.05) is 13.8 Å². The summed E-state index contributed by atoms with van der Waals surface area (Å²) in [5.74, 6) is 0.232. The summed E-state index contributed by atoms with van der Waals surface area (Å²) in [7, 11) is 0. The lowest BCUT2D eigenvalue weighted by molar-refractivity contribution is -0.149. The fourth-order valence-electron chi connectivity index (χ4n) is 3.01. The van der Waals surface area contributed by atoms with Gasteiger partial charge < -0.3 is 4.74 Å². The number of cyclic esters (lactones) is 1. The highest BCUT2D eigenvalue weighted by Crippen LogP contribution is 2.60. The van der Waals surface area contributed by atoms with Gasteiger partial charge in [0.1, 0.15) is 9.93 Å². The summed E-state index contributed by atoms with van der Waals surface area (Å²) in [6, 6.07) is 0. The lowest BCUT2D eigenvalue weighted by atomic mass is 9.84. The molecule has 0 spiro atoms. The standard InChI is InChI=1S/C11H17BrO2/c1-9(2)5-7-10(3,4)14-8(13)11(7,12)6-9/h7H,5-6H2,1-4H3. The van der Waals surface area contributed by atoms with Crippen molar-refractivity contribution in [3.63, 3.8) is 0 Å². The van der Waals surface area contributed by atoms with E-state index in [1.165, 1.54) is 0 Å². The van der Waals surface area contributed by atoms with E-state index in [0.717, 1.165) is 12.8 Å². The normalized spacial score (nSPS) is 43.5. The molecular weight excluding hydrogens is 244 g/mol. The third kappa shape index (κ3) is 1.24. The van der Waals surface area contributed by atoms with E-state index in [9.17, 15) is 4.79 Å². The molecule has 1 aliphatic heterocycles. The summed E-state index contributed by atoms with van der Waals surface area (Å²) >= 11 is 3.61. The van der Waals surface area contributed by atoms with Crippen LogP contribution in [0.15, 0.2) is 0 Å². The minimum atomic E-state index is -0.417. The predicted molar refractivity (Wildman–Crippen MR) is 58.3 cm³/mol. The molecule has 3 heteroatoms. The number of carbonyl (C=O) groups is 1. The van der Waals surface area contributed by atoms with Gasteiger partial charge in [-0.3, -0.25) is 4.79 Å². The first-order valence-electron chi connectivity index (χ1n) is 5.10. The number of hydrogen-bond acceptors (Lipinski definition) is 2. The van der Waals surface area contributed by atoms with Crippen LogP contribution in [0.3, 0.4) is 0 Å². The van der Waals surface area contributed by atoms with Crippen LogP contribution in [0.25, 0.3) is 0 Å². The van der Waals surface area contributed by atoms with Crippen molar-refractivity contribution in [2.24, 2.45) is 11.3 Å². The molecular formula is C11H17BrO2. The molecule has 0 N–H and O–H groups in total. The van der Waals surface area contributed by atoms with Crippen LogP contribution in [0.4, 0.5) is 0 Å². The Morgan fingerprint density at radius 3 is 2.43 bits per heavy atom. The van der Waals surface area contributed by atoms with Gasteiger partial charge in [-0.15, -0.1) is 0 Å². The van der Waals surface area contributed by atoms with E-state index in [1.54, 1.807) is 0 Å². The topological polar surface area (TPSA) is 26.3 Å². The molecule has 2 unspecified atom stereocenters. The third-order valence-electron chi connectivity index (χ3n) is 3.58. The monoisotopic (exact) mass is 260 g/mol. The maximum absolute atomic E-state index is 11.8. The molecule has 14 heavy (non-hydrogen) atoms. The van der Waals surface area contributed by atoms with Crippen molar-refractivity contribution in [2.75, 3.05) is 0 Å². The molecule has 2 fully saturated rings. The molecule has 1 aliphatic carbocycles. The third-order valence-corrected chi connectivity index (χ3v) is 4.74. The largest absolute Gasteiger partial charge is 0.458 e. The summed E-state index contributed by atoms with van der Waals surface area (Å²) in [5, 5.41) is 0. The Bertz CT molecular complexity index is 296. The van der Waals surface area contributed by atoms with E-state index in [-0.39, 0.29) is 17.0 Å². The number of ether oxygens (including phenoxy) is 1. The van der Waals surface area contributed by atoms with Crippen molar-refractivity contribution < 1.29 is 9.53 Å². The quantitative estimate of drug-likeness (QED) is 0.495. The van der Waals surface area contributed by atoms with Gasteiger partial charge in [-0.1, -0.05) is 29.8 Å². The highest BCUT2D eigenvalue weighted by molar-refractivity contribution is 9.10. The van der Waals surface area contributed by atoms with Gasteiger partial charge in [-0.2, -0.15) is 0 Å². The molecule has 2 atom stereocenters. The Kier molecular flexibility index (Phi) is 1.90. The second-order valence-electron chi connectivity index (χ2n) is 5.95. The first kappa shape index (κ1) is 10.5. The van der Waals surface area contributed by atoms with E-state index < -0.39 is 4.32 Å². The molecule has 1 heterocycles. The Labute approximate surface area is 93.5 Å². The molecule has 1 saturated heterocycles. The lowest BCUT2D eigenvalue weighted by Gasteiger charge is -2.26. The molecule has 0 aromatic carbocycles. The van der Waals surface area contributed by atoms with Gasteiger partial charge in [-0.25, -0.2) is 0 Å². The molecule has 0 amide bonds. The molecule has 0 aromatic heterocycles. The number of fused-ring (bicyclic) bond motifs is 1. The van der Waals surface area contributed by atoms with E-state index >= 15 is 0 Å². The Morgan fingerprint density at radius 2 is 1.93 bits per heavy atom. The number of esters is 1. The fraction of sp³-hybridized carbons (Fsp3) is 0.909. The van der Waals surface area contributed by atoms with Crippen molar-refractivity contribution >= 4 is 21.9 Å². The van der Waals surface area contributed by atoms with Crippen LogP contribution in [0, 0.1) is 11.3 Å². The van der Waals surface area contributed by atoms with Gasteiger partial charge in [0, 0.05) is 5.92 Å². The molecule has 2 nitrogen and oxygen atoms in total. The first-order valence-corrected chi connectivity index (χ1v) is 5.89. The average molecular weight is 261 g/mol. The highest BCUT2D eigenvalue weighted by atomic mass is 79.9. The van der Waals surface area contributed by atoms with Crippen LogP contribution in [0.2, 0.25) is 0 Å². The summed E-state index contributed by atoms with van der Waals surface area (Å²) in [6.07, 6.45) is 1.93. The Morgan fingerprint density at radius 1 is 1.36 bits per heavy atom. The Balaban J connectivity index is 2.41. The van der Waals surface area contributed by atoms with Crippen LogP contribution in [-0.4, -0.2) is 15.9 Å². The maximum Gasteiger partial charge on any atom is 0.323 e. The second kappa shape index (κ2) is 2.55. The SMILES string of the molecule is CC1(C)CC2C(C)(C)OC(=O)C2(Br)C1.